The van der Waals surface area contributed by atoms with Crippen molar-refractivity contribution in [3.8, 4) is 0 Å². The van der Waals surface area contributed by atoms with Crippen molar-refractivity contribution in [2.75, 3.05) is 0 Å². The summed E-state index contributed by atoms with van der Waals surface area (Å²) < 4.78 is 9.24. The van der Waals surface area contributed by atoms with Gasteiger partial charge in [-0.3, -0.25) is 0 Å². The first-order valence-electron chi connectivity index (χ1n) is 2.96. The molecule has 0 atom stereocenters. The minimum atomic E-state index is -1.78. The third kappa shape index (κ3) is 5.37. The van der Waals surface area contributed by atoms with E-state index in [2.05, 4.69) is 11.3 Å². The van der Waals surface area contributed by atoms with E-state index in [1.165, 1.54) is 0 Å². The summed E-state index contributed by atoms with van der Waals surface area (Å²) in [6.07, 6.45) is 0.400. The lowest BCUT2D eigenvalue weighted by atomic mass is 11.1. The third-order valence-corrected chi connectivity index (χ3v) is 1.35. The molecule has 0 aromatic rings. The molecule has 0 N–H and O–H groups in total. The van der Waals surface area contributed by atoms with Crippen LogP contribution < -0.4 is 0 Å². The molecule has 0 radical (unpaired) electrons. The van der Waals surface area contributed by atoms with E-state index in [0.717, 1.165) is 6.26 Å². The van der Waals surface area contributed by atoms with Gasteiger partial charge in [-0.05, 0) is 19.6 Å². The first-order valence-corrected chi connectivity index (χ1v) is 6.37. The number of carbonyl (C=O) groups is 1. The molecule has 0 aliphatic rings. The Morgan fingerprint density at radius 2 is 2.00 bits per heavy atom. The maximum atomic E-state index is 10.6. The number of carbonyl (C=O) groups excluding carboxylic acids is 1. The van der Waals surface area contributed by atoms with Crippen molar-refractivity contribution in [2.45, 2.75) is 19.6 Å². The molecule has 10 heavy (non-hydrogen) atoms. The van der Waals surface area contributed by atoms with Crippen molar-refractivity contribution in [2.24, 2.45) is 0 Å². The van der Waals surface area contributed by atoms with Crippen LogP contribution in [0.25, 0.3) is 0 Å². The Morgan fingerprint density at radius 3 is 2.30 bits per heavy atom. The summed E-state index contributed by atoms with van der Waals surface area (Å²) in [5, 5.41) is 0. The van der Waals surface area contributed by atoms with E-state index < -0.39 is 14.5 Å². The van der Waals surface area contributed by atoms with Gasteiger partial charge < -0.3 is 9.16 Å². The highest BCUT2D eigenvalue weighted by Gasteiger charge is 2.20. The second-order valence-corrected chi connectivity index (χ2v) is 7.18. The first-order chi connectivity index (χ1) is 4.45. The molecular formula is C6H12O3Si. The summed E-state index contributed by atoms with van der Waals surface area (Å²) in [6.45, 7) is 8.92. The lowest BCUT2D eigenvalue weighted by molar-refractivity contribution is 0.134. The fourth-order valence-corrected chi connectivity index (χ4v) is 0.890. The van der Waals surface area contributed by atoms with Crippen LogP contribution in [-0.4, -0.2) is 14.5 Å². The van der Waals surface area contributed by atoms with Crippen LogP contribution in [0.2, 0.25) is 19.6 Å². The highest BCUT2D eigenvalue weighted by molar-refractivity contribution is 6.71. The topological polar surface area (TPSA) is 35.5 Å². The number of rotatable bonds is 2. The highest BCUT2D eigenvalue weighted by Crippen LogP contribution is 2.03. The Hall–Kier alpha value is -0.773. The molecule has 0 aliphatic heterocycles. The van der Waals surface area contributed by atoms with Crippen LogP contribution >= 0.6 is 0 Å². The quantitative estimate of drug-likeness (QED) is 0.352. The average Bonchev–Trinajstić information content (AvgIpc) is 1.59. The zero-order chi connectivity index (χ0) is 8.20. The molecule has 0 aromatic carbocycles. The van der Waals surface area contributed by atoms with Gasteiger partial charge in [0.1, 0.15) is 0 Å². The minimum Gasteiger partial charge on any atom is -0.489 e. The van der Waals surface area contributed by atoms with E-state index in [0.29, 0.717) is 0 Å². The van der Waals surface area contributed by atoms with E-state index in [-0.39, 0.29) is 0 Å². The van der Waals surface area contributed by atoms with Crippen LogP contribution in [0.4, 0.5) is 4.79 Å². The molecule has 0 bridgehead atoms. The molecule has 0 heterocycles. The highest BCUT2D eigenvalue weighted by atomic mass is 28.4. The Kier molecular flexibility index (Phi) is 3.15. The van der Waals surface area contributed by atoms with E-state index in [4.69, 9.17) is 4.43 Å². The van der Waals surface area contributed by atoms with Gasteiger partial charge >= 0.3 is 6.16 Å². The normalized spacial score (nSPS) is 10.3. The van der Waals surface area contributed by atoms with E-state index in [9.17, 15) is 4.79 Å². The fourth-order valence-electron chi connectivity index (χ4n) is 0.342. The molecule has 0 spiro atoms. The predicted octanol–water partition coefficient (Wildman–Crippen LogP) is 2.12. The van der Waals surface area contributed by atoms with E-state index >= 15 is 0 Å². The van der Waals surface area contributed by atoms with Crippen molar-refractivity contribution in [1.82, 2.24) is 0 Å². The molecule has 3 nitrogen and oxygen atoms in total. The average molecular weight is 160 g/mol. The van der Waals surface area contributed by atoms with Gasteiger partial charge in [0.2, 0.25) is 0 Å². The van der Waals surface area contributed by atoms with Gasteiger partial charge in [-0.1, -0.05) is 6.58 Å². The van der Waals surface area contributed by atoms with Gasteiger partial charge in [-0.15, -0.1) is 0 Å². The van der Waals surface area contributed by atoms with E-state index in [1.807, 2.05) is 19.6 Å². The maximum absolute atomic E-state index is 10.6. The number of hydrogen-bond donors (Lipinski definition) is 0. The van der Waals surface area contributed by atoms with Gasteiger partial charge in [-0.2, -0.15) is 0 Å². The zero-order valence-electron chi connectivity index (χ0n) is 6.51. The molecule has 0 aromatic heterocycles. The van der Waals surface area contributed by atoms with Crippen molar-refractivity contribution < 1.29 is 14.0 Å². The molecule has 0 aliphatic carbocycles. The summed E-state index contributed by atoms with van der Waals surface area (Å²) in [6, 6.07) is 0. The fraction of sp³-hybridized carbons (Fsp3) is 0.500. The van der Waals surface area contributed by atoms with Crippen molar-refractivity contribution in [1.29, 1.82) is 0 Å². The molecule has 4 heteroatoms. The summed E-state index contributed by atoms with van der Waals surface area (Å²) in [5.74, 6) is 0. The summed E-state index contributed by atoms with van der Waals surface area (Å²) >= 11 is 0. The smallest absolute Gasteiger partial charge is 0.489 e. The van der Waals surface area contributed by atoms with Crippen LogP contribution in [0.3, 0.4) is 0 Å². The van der Waals surface area contributed by atoms with Gasteiger partial charge in [0.15, 0.2) is 0 Å². The van der Waals surface area contributed by atoms with Gasteiger partial charge in [0.25, 0.3) is 8.32 Å². The van der Waals surface area contributed by atoms with Gasteiger partial charge in [0, 0.05) is 0 Å². The Bertz CT molecular complexity index is 136. The van der Waals surface area contributed by atoms with Gasteiger partial charge in [0.05, 0.1) is 6.26 Å². The lowest BCUT2D eigenvalue weighted by Gasteiger charge is -2.14. The Morgan fingerprint density at radius 1 is 1.50 bits per heavy atom. The van der Waals surface area contributed by atoms with Crippen molar-refractivity contribution >= 4 is 14.5 Å². The summed E-state index contributed by atoms with van der Waals surface area (Å²) in [5.41, 5.74) is 0. The lowest BCUT2D eigenvalue weighted by Crippen LogP contribution is -2.28. The van der Waals surface area contributed by atoms with Crippen molar-refractivity contribution in [3.05, 3.63) is 12.8 Å². The van der Waals surface area contributed by atoms with Crippen LogP contribution in [-0.2, 0) is 9.16 Å². The predicted molar refractivity (Wildman–Crippen MR) is 41.1 cm³/mol. The molecule has 0 fully saturated rings. The second-order valence-electron chi connectivity index (χ2n) is 2.75. The molecule has 0 amide bonds. The maximum Gasteiger partial charge on any atom is 0.499 e. The molecule has 0 rings (SSSR count). The second kappa shape index (κ2) is 3.41. The molecule has 0 unspecified atom stereocenters. The van der Waals surface area contributed by atoms with Crippen LogP contribution in [0, 0.1) is 0 Å². The molecule has 0 saturated heterocycles. The van der Waals surface area contributed by atoms with Crippen LogP contribution in [0.5, 0.6) is 0 Å². The number of ether oxygens (including phenoxy) is 1. The Labute approximate surface area is 61.8 Å². The molecule has 0 saturated carbocycles. The van der Waals surface area contributed by atoms with Crippen LogP contribution in [0.15, 0.2) is 12.8 Å². The summed E-state index contributed by atoms with van der Waals surface area (Å²) in [7, 11) is -1.78. The largest absolute Gasteiger partial charge is 0.499 e. The molecular weight excluding hydrogens is 148 g/mol. The zero-order valence-corrected chi connectivity index (χ0v) is 7.51. The van der Waals surface area contributed by atoms with E-state index in [1.54, 1.807) is 0 Å². The SMILES string of the molecule is C=COC(=O)O[Si](C)(C)C. The van der Waals surface area contributed by atoms with Crippen LogP contribution in [0.1, 0.15) is 0 Å². The Balaban J connectivity index is 3.68. The van der Waals surface area contributed by atoms with Gasteiger partial charge in [-0.25, -0.2) is 4.79 Å². The van der Waals surface area contributed by atoms with Crippen molar-refractivity contribution in [3.63, 3.8) is 0 Å². The summed E-state index contributed by atoms with van der Waals surface area (Å²) in [4.78, 5) is 10.6. The third-order valence-electron chi connectivity index (χ3n) is 0.569. The first kappa shape index (κ1) is 9.23. The minimum absolute atomic E-state index is 0.658. The molecule has 58 valence electrons. The monoisotopic (exact) mass is 160 g/mol. The standard InChI is InChI=1S/C6H12O3Si/c1-5-8-6(7)9-10(2,3)4/h5H,1H2,2-4H3. The number of hydrogen-bond acceptors (Lipinski definition) is 3.